The second-order valence-corrected chi connectivity index (χ2v) is 3.78. The summed E-state index contributed by atoms with van der Waals surface area (Å²) in [6, 6.07) is 5.34. The van der Waals surface area contributed by atoms with Gasteiger partial charge in [-0.3, -0.25) is 19.8 Å². The van der Waals surface area contributed by atoms with Crippen molar-refractivity contribution in [3.8, 4) is 5.75 Å². The zero-order valence-electron chi connectivity index (χ0n) is 9.51. The highest BCUT2D eigenvalue weighted by molar-refractivity contribution is 6.30. The van der Waals surface area contributed by atoms with E-state index in [9.17, 15) is 19.5 Å². The lowest BCUT2D eigenvalue weighted by atomic mass is 10.1. The fourth-order valence-electron chi connectivity index (χ4n) is 1.53. The lowest BCUT2D eigenvalue weighted by molar-refractivity contribution is -0.129. The molecule has 1 aromatic rings. The van der Waals surface area contributed by atoms with Gasteiger partial charge in [0.1, 0.15) is 11.3 Å². The fourth-order valence-corrected chi connectivity index (χ4v) is 1.53. The van der Waals surface area contributed by atoms with Crippen molar-refractivity contribution in [2.45, 2.75) is 0 Å². The average Bonchev–Trinajstić information content (AvgIpc) is 2.32. The van der Waals surface area contributed by atoms with Crippen molar-refractivity contribution in [3.63, 3.8) is 0 Å². The maximum Gasteiger partial charge on any atom is 0.331 e. The Kier molecular flexibility index (Phi) is 2.85. The molecule has 92 valence electrons. The Morgan fingerprint density at radius 1 is 1.28 bits per heavy atom. The lowest BCUT2D eigenvalue weighted by Gasteiger charge is -2.22. The molecule has 1 fully saturated rings. The number of nitrogens with one attached hydrogen (secondary N) is 1. The number of imide groups is 2. The monoisotopic (exact) mass is 246 g/mol. The van der Waals surface area contributed by atoms with Crippen LogP contribution in [0.5, 0.6) is 5.75 Å². The number of rotatable bonds is 1. The van der Waals surface area contributed by atoms with Gasteiger partial charge in [-0.1, -0.05) is 12.1 Å². The van der Waals surface area contributed by atoms with Gasteiger partial charge in [0.15, 0.2) is 0 Å². The van der Waals surface area contributed by atoms with E-state index in [0.717, 1.165) is 4.90 Å². The maximum absolute atomic E-state index is 11.7. The van der Waals surface area contributed by atoms with Gasteiger partial charge in [0.2, 0.25) is 0 Å². The Labute approximate surface area is 103 Å². The lowest BCUT2D eigenvalue weighted by Crippen LogP contribution is -2.52. The van der Waals surface area contributed by atoms with Crippen LogP contribution in [-0.2, 0) is 9.59 Å². The number of hydrogen-bond acceptors (Lipinski definition) is 4. The van der Waals surface area contributed by atoms with Gasteiger partial charge in [-0.25, -0.2) is 4.79 Å². The van der Waals surface area contributed by atoms with Crippen LogP contribution in [-0.4, -0.2) is 34.9 Å². The van der Waals surface area contributed by atoms with Crippen molar-refractivity contribution in [1.29, 1.82) is 0 Å². The molecule has 1 aliphatic heterocycles. The first-order chi connectivity index (χ1) is 8.49. The third-order valence-corrected chi connectivity index (χ3v) is 2.49. The summed E-state index contributed by atoms with van der Waals surface area (Å²) in [5.41, 5.74) is 0.346. The van der Waals surface area contributed by atoms with Crippen LogP contribution in [0.25, 0.3) is 6.08 Å². The van der Waals surface area contributed by atoms with Crippen LogP contribution in [0.15, 0.2) is 29.8 Å². The summed E-state index contributed by atoms with van der Waals surface area (Å²) < 4.78 is 0. The Balaban J connectivity index is 2.40. The molecule has 6 nitrogen and oxygen atoms in total. The van der Waals surface area contributed by atoms with Crippen LogP contribution >= 0.6 is 0 Å². The number of urea groups is 1. The van der Waals surface area contributed by atoms with Gasteiger partial charge >= 0.3 is 6.03 Å². The smallest absolute Gasteiger partial charge is 0.331 e. The Hall–Kier alpha value is -2.63. The topological polar surface area (TPSA) is 86.7 Å². The number of benzene rings is 1. The Morgan fingerprint density at radius 2 is 2.00 bits per heavy atom. The molecule has 0 aliphatic carbocycles. The molecule has 1 aliphatic rings. The van der Waals surface area contributed by atoms with E-state index in [1.807, 2.05) is 5.32 Å². The van der Waals surface area contributed by atoms with E-state index in [1.54, 1.807) is 12.1 Å². The number of likely N-dealkylation sites (N-methyl/N-ethyl adjacent to an activating group) is 1. The highest BCUT2D eigenvalue weighted by atomic mass is 16.3. The number of nitrogens with zero attached hydrogens (tertiary/aromatic N) is 1. The molecule has 1 heterocycles. The molecule has 0 bridgehead atoms. The van der Waals surface area contributed by atoms with Crippen molar-refractivity contribution in [2.24, 2.45) is 0 Å². The van der Waals surface area contributed by atoms with Crippen LogP contribution in [0.3, 0.4) is 0 Å². The van der Waals surface area contributed by atoms with E-state index in [1.165, 1.54) is 25.3 Å². The molecule has 0 unspecified atom stereocenters. The Morgan fingerprint density at radius 3 is 2.67 bits per heavy atom. The number of amides is 4. The van der Waals surface area contributed by atoms with E-state index >= 15 is 0 Å². The van der Waals surface area contributed by atoms with Gasteiger partial charge < -0.3 is 5.11 Å². The minimum Gasteiger partial charge on any atom is -0.508 e. The summed E-state index contributed by atoms with van der Waals surface area (Å²) >= 11 is 0. The number of barbiturate groups is 1. The summed E-state index contributed by atoms with van der Waals surface area (Å²) in [6.45, 7) is 0. The molecule has 6 heteroatoms. The minimum absolute atomic E-state index is 0.0254. The number of aromatic hydroxyl groups is 1. The number of phenols is 1. The van der Waals surface area contributed by atoms with E-state index < -0.39 is 17.8 Å². The van der Waals surface area contributed by atoms with Crippen LogP contribution < -0.4 is 5.32 Å². The van der Waals surface area contributed by atoms with Crippen molar-refractivity contribution in [3.05, 3.63) is 35.4 Å². The van der Waals surface area contributed by atoms with Crippen molar-refractivity contribution in [1.82, 2.24) is 10.2 Å². The highest BCUT2D eigenvalue weighted by Gasteiger charge is 2.32. The van der Waals surface area contributed by atoms with Crippen molar-refractivity contribution in [2.75, 3.05) is 7.05 Å². The molecule has 0 radical (unpaired) electrons. The molecule has 1 aromatic carbocycles. The first-order valence-electron chi connectivity index (χ1n) is 5.13. The Bertz CT molecular complexity index is 577. The SMILES string of the molecule is CN1C(=O)NC(=O)/C(=C/c2cccc(O)c2)C1=O. The predicted octanol–water partition coefficient (Wildman–Crippen LogP) is 0.484. The molecule has 2 rings (SSSR count). The average molecular weight is 246 g/mol. The summed E-state index contributed by atoms with van der Waals surface area (Å²) in [4.78, 5) is 35.3. The molecular weight excluding hydrogens is 236 g/mol. The zero-order chi connectivity index (χ0) is 13.3. The third-order valence-electron chi connectivity index (χ3n) is 2.49. The maximum atomic E-state index is 11.7. The molecule has 0 atom stereocenters. The molecule has 4 amide bonds. The van der Waals surface area contributed by atoms with Gasteiger partial charge in [0.05, 0.1) is 0 Å². The summed E-state index contributed by atoms with van der Waals surface area (Å²) in [5, 5.41) is 11.3. The van der Waals surface area contributed by atoms with Crippen LogP contribution in [0.4, 0.5) is 4.79 Å². The number of phenolic OH excluding ortho intramolecular Hbond substituents is 1. The number of carbonyl (C=O) groups excluding carboxylic acids is 3. The van der Waals surface area contributed by atoms with Gasteiger partial charge in [-0.05, 0) is 23.8 Å². The van der Waals surface area contributed by atoms with E-state index in [-0.39, 0.29) is 11.3 Å². The van der Waals surface area contributed by atoms with Crippen molar-refractivity contribution < 1.29 is 19.5 Å². The van der Waals surface area contributed by atoms with Crippen LogP contribution in [0, 0.1) is 0 Å². The van der Waals surface area contributed by atoms with E-state index in [0.29, 0.717) is 5.56 Å². The summed E-state index contributed by atoms with van der Waals surface area (Å²) in [5.74, 6) is -1.39. The second kappa shape index (κ2) is 4.33. The zero-order valence-corrected chi connectivity index (χ0v) is 9.51. The fraction of sp³-hybridized carbons (Fsp3) is 0.0833. The molecule has 18 heavy (non-hydrogen) atoms. The minimum atomic E-state index is -0.752. The summed E-state index contributed by atoms with van der Waals surface area (Å²) in [7, 11) is 1.28. The number of hydrogen-bond donors (Lipinski definition) is 2. The molecule has 1 saturated heterocycles. The third kappa shape index (κ3) is 2.08. The predicted molar refractivity (Wildman–Crippen MR) is 62.4 cm³/mol. The first-order valence-corrected chi connectivity index (χ1v) is 5.13. The molecule has 2 N–H and O–H groups in total. The van der Waals surface area contributed by atoms with Gasteiger partial charge in [0, 0.05) is 7.05 Å². The standard InChI is InChI=1S/C12H10N2O4/c1-14-11(17)9(10(16)13-12(14)18)6-7-3-2-4-8(15)5-7/h2-6,15H,1H3,(H,13,16,18)/b9-6-. The van der Waals surface area contributed by atoms with E-state index in [4.69, 9.17) is 0 Å². The van der Waals surface area contributed by atoms with Crippen LogP contribution in [0.2, 0.25) is 0 Å². The van der Waals surface area contributed by atoms with Gasteiger partial charge in [-0.15, -0.1) is 0 Å². The normalized spacial score (nSPS) is 18.2. The highest BCUT2D eigenvalue weighted by Crippen LogP contribution is 2.16. The molecular formula is C12H10N2O4. The first kappa shape index (κ1) is 11.8. The van der Waals surface area contributed by atoms with E-state index in [2.05, 4.69) is 0 Å². The molecule has 0 spiro atoms. The summed E-state index contributed by atoms with van der Waals surface area (Å²) in [6.07, 6.45) is 1.32. The van der Waals surface area contributed by atoms with Crippen molar-refractivity contribution >= 4 is 23.9 Å². The van der Waals surface area contributed by atoms with Gasteiger partial charge in [0.25, 0.3) is 11.8 Å². The molecule has 0 saturated carbocycles. The second-order valence-electron chi connectivity index (χ2n) is 3.78. The van der Waals surface area contributed by atoms with Crippen LogP contribution in [0.1, 0.15) is 5.56 Å². The largest absolute Gasteiger partial charge is 0.508 e. The quantitative estimate of drug-likeness (QED) is 0.557. The molecule has 0 aromatic heterocycles. The van der Waals surface area contributed by atoms with Gasteiger partial charge in [-0.2, -0.15) is 0 Å². The number of carbonyl (C=O) groups is 3.